The molecule has 0 aliphatic heterocycles. The van der Waals surface area contributed by atoms with E-state index in [9.17, 15) is 0 Å². The Morgan fingerprint density at radius 3 is 3.06 bits per heavy atom. The summed E-state index contributed by atoms with van der Waals surface area (Å²) in [5.74, 6) is 0.574. The van der Waals surface area contributed by atoms with Crippen LogP contribution in [0, 0.1) is 0 Å². The monoisotopic (exact) mass is 229 g/mol. The molecule has 17 heavy (non-hydrogen) atoms. The summed E-state index contributed by atoms with van der Waals surface area (Å²) < 4.78 is 0. The van der Waals surface area contributed by atoms with Crippen molar-refractivity contribution in [1.29, 1.82) is 0 Å². The maximum absolute atomic E-state index is 6.37. The first-order chi connectivity index (χ1) is 8.33. The smallest absolute Gasteiger partial charge is 0.0108 e. The SMILES string of the molecule is C=CCCCC(N)C1CCCc2ccccc21. The molecule has 2 atom stereocenters. The molecule has 0 radical (unpaired) electrons. The molecule has 1 aromatic rings. The molecule has 92 valence electrons. The Hall–Kier alpha value is -1.08. The largest absolute Gasteiger partial charge is 0.327 e. The number of benzene rings is 1. The van der Waals surface area contributed by atoms with Gasteiger partial charge in [0.25, 0.3) is 0 Å². The van der Waals surface area contributed by atoms with Crippen LogP contribution >= 0.6 is 0 Å². The van der Waals surface area contributed by atoms with Gasteiger partial charge in [-0.2, -0.15) is 0 Å². The van der Waals surface area contributed by atoms with Gasteiger partial charge in [-0.1, -0.05) is 30.3 Å². The summed E-state index contributed by atoms with van der Waals surface area (Å²) in [6, 6.07) is 9.14. The molecular formula is C16H23N. The van der Waals surface area contributed by atoms with E-state index >= 15 is 0 Å². The summed E-state index contributed by atoms with van der Waals surface area (Å²) in [6.45, 7) is 3.77. The fraction of sp³-hybridized carbons (Fsp3) is 0.500. The Morgan fingerprint density at radius 1 is 1.41 bits per heavy atom. The van der Waals surface area contributed by atoms with Crippen molar-refractivity contribution in [1.82, 2.24) is 0 Å². The molecule has 1 aromatic carbocycles. The number of unbranched alkanes of at least 4 members (excludes halogenated alkanes) is 1. The molecule has 0 heterocycles. The highest BCUT2D eigenvalue weighted by Crippen LogP contribution is 2.34. The van der Waals surface area contributed by atoms with Gasteiger partial charge in [-0.05, 0) is 55.6 Å². The van der Waals surface area contributed by atoms with E-state index in [2.05, 4.69) is 30.8 Å². The van der Waals surface area contributed by atoms with Crippen LogP contribution in [0.5, 0.6) is 0 Å². The number of hydrogen-bond donors (Lipinski definition) is 1. The molecule has 1 heteroatoms. The molecule has 0 saturated carbocycles. The summed E-state index contributed by atoms with van der Waals surface area (Å²) in [5.41, 5.74) is 9.39. The Bertz CT molecular complexity index is 370. The van der Waals surface area contributed by atoms with Crippen molar-refractivity contribution >= 4 is 0 Å². The van der Waals surface area contributed by atoms with E-state index < -0.39 is 0 Å². The van der Waals surface area contributed by atoms with Crippen molar-refractivity contribution in [2.45, 2.75) is 50.5 Å². The molecule has 0 aromatic heterocycles. The molecule has 0 bridgehead atoms. The second-order valence-electron chi connectivity index (χ2n) is 5.08. The minimum absolute atomic E-state index is 0.316. The fourth-order valence-corrected chi connectivity index (χ4v) is 2.94. The highest BCUT2D eigenvalue weighted by molar-refractivity contribution is 5.33. The lowest BCUT2D eigenvalue weighted by Crippen LogP contribution is -2.30. The summed E-state index contributed by atoms with van der Waals surface area (Å²) in [6.07, 6.45) is 9.13. The Morgan fingerprint density at radius 2 is 2.24 bits per heavy atom. The average molecular weight is 229 g/mol. The van der Waals surface area contributed by atoms with Crippen molar-refractivity contribution in [3.63, 3.8) is 0 Å². The van der Waals surface area contributed by atoms with Gasteiger partial charge in [-0.25, -0.2) is 0 Å². The van der Waals surface area contributed by atoms with Crippen LogP contribution in [0.1, 0.15) is 49.1 Å². The lowest BCUT2D eigenvalue weighted by Gasteiger charge is -2.30. The normalized spacial score (nSPS) is 20.6. The molecule has 0 saturated heterocycles. The summed E-state index contributed by atoms with van der Waals surface area (Å²) in [7, 11) is 0. The van der Waals surface area contributed by atoms with Gasteiger partial charge in [0.1, 0.15) is 0 Å². The molecule has 1 nitrogen and oxygen atoms in total. The van der Waals surface area contributed by atoms with Gasteiger partial charge >= 0.3 is 0 Å². The standard InChI is InChI=1S/C16H23N/c1-2-3-4-12-16(17)15-11-7-9-13-8-5-6-10-14(13)15/h2,5-6,8,10,15-16H,1,3-4,7,9,11-12,17H2. The predicted molar refractivity (Wildman–Crippen MR) is 74.1 cm³/mol. The van der Waals surface area contributed by atoms with Crippen LogP contribution < -0.4 is 5.73 Å². The Labute approximate surface area is 105 Å². The first-order valence-corrected chi connectivity index (χ1v) is 6.77. The van der Waals surface area contributed by atoms with Crippen molar-refractivity contribution in [3.8, 4) is 0 Å². The first-order valence-electron chi connectivity index (χ1n) is 6.77. The number of nitrogens with two attached hydrogens (primary N) is 1. The second kappa shape index (κ2) is 6.02. The van der Waals surface area contributed by atoms with Crippen LogP contribution in [0.15, 0.2) is 36.9 Å². The third-order valence-electron chi connectivity index (χ3n) is 3.88. The number of aryl methyl sites for hydroxylation is 1. The molecule has 0 amide bonds. The molecular weight excluding hydrogens is 206 g/mol. The molecule has 0 fully saturated rings. The number of rotatable bonds is 5. The summed E-state index contributed by atoms with van der Waals surface area (Å²) in [4.78, 5) is 0. The zero-order valence-corrected chi connectivity index (χ0v) is 10.6. The van der Waals surface area contributed by atoms with Gasteiger partial charge in [-0.3, -0.25) is 0 Å². The van der Waals surface area contributed by atoms with Crippen molar-refractivity contribution in [2.75, 3.05) is 0 Å². The van der Waals surface area contributed by atoms with Gasteiger partial charge in [-0.15, -0.1) is 6.58 Å². The maximum atomic E-state index is 6.37. The van der Waals surface area contributed by atoms with E-state index in [1.165, 1.54) is 36.8 Å². The number of hydrogen-bond acceptors (Lipinski definition) is 1. The molecule has 2 unspecified atom stereocenters. The van der Waals surface area contributed by atoms with Crippen LogP contribution in [-0.2, 0) is 6.42 Å². The van der Waals surface area contributed by atoms with Crippen LogP contribution in [0.3, 0.4) is 0 Å². The average Bonchev–Trinajstić information content (AvgIpc) is 2.38. The van der Waals surface area contributed by atoms with E-state index in [0.29, 0.717) is 12.0 Å². The van der Waals surface area contributed by atoms with Gasteiger partial charge in [0.05, 0.1) is 0 Å². The lowest BCUT2D eigenvalue weighted by atomic mass is 9.78. The van der Waals surface area contributed by atoms with Gasteiger partial charge in [0.2, 0.25) is 0 Å². The molecule has 1 aliphatic rings. The number of allylic oxidation sites excluding steroid dienone is 1. The van der Waals surface area contributed by atoms with E-state index in [-0.39, 0.29) is 0 Å². The minimum Gasteiger partial charge on any atom is -0.327 e. The van der Waals surface area contributed by atoms with Crippen LogP contribution in [0.4, 0.5) is 0 Å². The summed E-state index contributed by atoms with van der Waals surface area (Å²) in [5, 5.41) is 0. The molecule has 2 rings (SSSR count). The van der Waals surface area contributed by atoms with Gasteiger partial charge < -0.3 is 5.73 Å². The lowest BCUT2D eigenvalue weighted by molar-refractivity contribution is 0.434. The Balaban J connectivity index is 2.04. The van der Waals surface area contributed by atoms with Crippen molar-refractivity contribution in [3.05, 3.63) is 48.0 Å². The molecule has 1 aliphatic carbocycles. The van der Waals surface area contributed by atoms with E-state index in [0.717, 1.165) is 12.8 Å². The first kappa shape index (κ1) is 12.4. The Kier molecular flexibility index (Phi) is 4.38. The van der Waals surface area contributed by atoms with Gasteiger partial charge in [0, 0.05) is 6.04 Å². The zero-order valence-electron chi connectivity index (χ0n) is 10.6. The van der Waals surface area contributed by atoms with Crippen LogP contribution in [0.2, 0.25) is 0 Å². The fourth-order valence-electron chi connectivity index (χ4n) is 2.94. The highest BCUT2D eigenvalue weighted by atomic mass is 14.6. The molecule has 0 spiro atoms. The predicted octanol–water partition coefficient (Wildman–Crippen LogP) is 3.79. The zero-order chi connectivity index (χ0) is 12.1. The summed E-state index contributed by atoms with van der Waals surface area (Å²) >= 11 is 0. The highest BCUT2D eigenvalue weighted by Gasteiger charge is 2.24. The third-order valence-corrected chi connectivity index (χ3v) is 3.88. The van der Waals surface area contributed by atoms with Crippen molar-refractivity contribution < 1.29 is 0 Å². The van der Waals surface area contributed by atoms with Gasteiger partial charge in [0.15, 0.2) is 0 Å². The number of fused-ring (bicyclic) bond motifs is 1. The van der Waals surface area contributed by atoms with Crippen LogP contribution in [-0.4, -0.2) is 6.04 Å². The maximum Gasteiger partial charge on any atom is 0.0108 e. The van der Waals surface area contributed by atoms with E-state index in [1.807, 2.05) is 6.08 Å². The minimum atomic E-state index is 0.316. The van der Waals surface area contributed by atoms with E-state index in [4.69, 9.17) is 5.73 Å². The van der Waals surface area contributed by atoms with E-state index in [1.54, 1.807) is 0 Å². The third kappa shape index (κ3) is 2.98. The van der Waals surface area contributed by atoms with Crippen LogP contribution in [0.25, 0.3) is 0 Å². The van der Waals surface area contributed by atoms with Crippen molar-refractivity contribution in [2.24, 2.45) is 5.73 Å². The second-order valence-corrected chi connectivity index (χ2v) is 5.08. The quantitative estimate of drug-likeness (QED) is 0.603. The topological polar surface area (TPSA) is 26.0 Å². The molecule has 2 N–H and O–H groups in total.